The van der Waals surface area contributed by atoms with Crippen molar-refractivity contribution in [2.75, 3.05) is 6.54 Å². The minimum atomic E-state index is 0.197. The quantitative estimate of drug-likeness (QED) is 0.451. The molecular formula is C26H28N2. The van der Waals surface area contributed by atoms with Crippen molar-refractivity contribution in [2.45, 2.75) is 32.2 Å². The molecule has 0 spiro atoms. The second kappa shape index (κ2) is 8.04. The van der Waals surface area contributed by atoms with Crippen LogP contribution in [0.1, 0.15) is 47.9 Å². The summed E-state index contributed by atoms with van der Waals surface area (Å²) in [6.45, 7) is 5.92. The molecule has 4 rings (SSSR count). The Balaban J connectivity index is 1.76. The first kappa shape index (κ1) is 18.5. The van der Waals surface area contributed by atoms with Crippen LogP contribution in [0.25, 0.3) is 10.9 Å². The summed E-state index contributed by atoms with van der Waals surface area (Å²) in [4.78, 5) is 0. The fourth-order valence-corrected chi connectivity index (χ4v) is 4.02. The Morgan fingerprint density at radius 1 is 0.786 bits per heavy atom. The number of rotatable bonds is 6. The molecule has 2 heteroatoms. The van der Waals surface area contributed by atoms with Crippen LogP contribution in [0.15, 0.2) is 85.1 Å². The van der Waals surface area contributed by atoms with Gasteiger partial charge in [-0.05, 0) is 34.2 Å². The molecule has 0 amide bonds. The second-order valence-corrected chi connectivity index (χ2v) is 7.82. The molecule has 28 heavy (non-hydrogen) atoms. The van der Waals surface area contributed by atoms with Crippen LogP contribution in [-0.2, 0) is 6.54 Å². The van der Waals surface area contributed by atoms with Gasteiger partial charge in [0.2, 0.25) is 0 Å². The van der Waals surface area contributed by atoms with Crippen LogP contribution in [-0.4, -0.2) is 11.1 Å². The number of hydrogen-bond donors (Lipinski definition) is 1. The van der Waals surface area contributed by atoms with Gasteiger partial charge in [0.1, 0.15) is 0 Å². The van der Waals surface area contributed by atoms with Crippen LogP contribution in [0.5, 0.6) is 0 Å². The largest absolute Gasteiger partial charge is 0.343 e. The van der Waals surface area contributed by atoms with Crippen LogP contribution < -0.4 is 5.73 Å². The average molecular weight is 369 g/mol. The molecule has 0 bridgehead atoms. The molecule has 0 aliphatic rings. The Morgan fingerprint density at radius 3 is 2.11 bits per heavy atom. The molecule has 0 aliphatic heterocycles. The van der Waals surface area contributed by atoms with Crippen molar-refractivity contribution < 1.29 is 0 Å². The van der Waals surface area contributed by atoms with Gasteiger partial charge in [-0.1, -0.05) is 86.6 Å². The highest BCUT2D eigenvalue weighted by Crippen LogP contribution is 2.33. The molecule has 142 valence electrons. The summed E-state index contributed by atoms with van der Waals surface area (Å²) in [5.41, 5.74) is 12.8. The fraction of sp³-hybridized carbons (Fsp3) is 0.231. The van der Waals surface area contributed by atoms with Crippen LogP contribution in [0.4, 0.5) is 0 Å². The number of fused-ring (bicyclic) bond motifs is 1. The van der Waals surface area contributed by atoms with E-state index in [2.05, 4.69) is 103 Å². The van der Waals surface area contributed by atoms with Gasteiger partial charge in [-0.25, -0.2) is 0 Å². The van der Waals surface area contributed by atoms with E-state index in [1.807, 2.05) is 0 Å². The van der Waals surface area contributed by atoms with Crippen molar-refractivity contribution in [2.24, 2.45) is 5.73 Å². The van der Waals surface area contributed by atoms with Crippen molar-refractivity contribution >= 4 is 10.9 Å². The topological polar surface area (TPSA) is 30.9 Å². The first-order valence-electron chi connectivity index (χ1n) is 10.1. The molecule has 2 nitrogen and oxygen atoms in total. The normalized spacial score (nSPS) is 12.6. The fourth-order valence-electron chi connectivity index (χ4n) is 4.02. The smallest absolute Gasteiger partial charge is 0.0486 e. The highest BCUT2D eigenvalue weighted by Gasteiger charge is 2.19. The molecule has 2 N–H and O–H groups in total. The summed E-state index contributed by atoms with van der Waals surface area (Å²) in [5, 5.41) is 1.29. The van der Waals surface area contributed by atoms with Gasteiger partial charge in [0.25, 0.3) is 0 Å². The third kappa shape index (κ3) is 3.61. The molecule has 0 radical (unpaired) electrons. The van der Waals surface area contributed by atoms with Gasteiger partial charge in [-0.3, -0.25) is 0 Å². The zero-order valence-electron chi connectivity index (χ0n) is 16.7. The molecule has 4 aromatic rings. The van der Waals surface area contributed by atoms with E-state index in [9.17, 15) is 0 Å². The molecule has 0 fully saturated rings. The van der Waals surface area contributed by atoms with E-state index >= 15 is 0 Å². The summed E-state index contributed by atoms with van der Waals surface area (Å²) < 4.78 is 2.35. The first-order valence-corrected chi connectivity index (χ1v) is 10.1. The third-order valence-corrected chi connectivity index (χ3v) is 5.63. The predicted molar refractivity (Wildman–Crippen MR) is 119 cm³/mol. The van der Waals surface area contributed by atoms with Gasteiger partial charge < -0.3 is 10.3 Å². The average Bonchev–Trinajstić information content (AvgIpc) is 3.08. The van der Waals surface area contributed by atoms with Gasteiger partial charge in [-0.15, -0.1) is 0 Å². The van der Waals surface area contributed by atoms with Crippen LogP contribution in [0.3, 0.4) is 0 Å². The summed E-state index contributed by atoms with van der Waals surface area (Å²) in [6, 6.07) is 28.3. The van der Waals surface area contributed by atoms with E-state index in [1.54, 1.807) is 0 Å². The lowest BCUT2D eigenvalue weighted by molar-refractivity contribution is 0.791. The molecule has 0 saturated carbocycles. The van der Waals surface area contributed by atoms with Crippen molar-refractivity contribution in [1.29, 1.82) is 0 Å². The molecular weight excluding hydrogens is 340 g/mol. The number of aromatic nitrogens is 1. The lowest BCUT2D eigenvalue weighted by atomic mass is 9.89. The highest BCUT2D eigenvalue weighted by atomic mass is 15.0. The van der Waals surface area contributed by atoms with E-state index < -0.39 is 0 Å². The molecule has 3 aromatic carbocycles. The maximum Gasteiger partial charge on any atom is 0.0486 e. The Kier molecular flexibility index (Phi) is 5.31. The van der Waals surface area contributed by atoms with Crippen molar-refractivity contribution in [3.05, 3.63) is 107 Å². The monoisotopic (exact) mass is 368 g/mol. The van der Waals surface area contributed by atoms with Crippen LogP contribution in [0, 0.1) is 0 Å². The van der Waals surface area contributed by atoms with Crippen LogP contribution >= 0.6 is 0 Å². The van der Waals surface area contributed by atoms with Crippen molar-refractivity contribution in [3.63, 3.8) is 0 Å². The third-order valence-electron chi connectivity index (χ3n) is 5.63. The predicted octanol–water partition coefficient (Wildman–Crippen LogP) is 5.90. The summed E-state index contributed by atoms with van der Waals surface area (Å²) in [6.07, 6.45) is 2.30. The maximum atomic E-state index is 6.28. The van der Waals surface area contributed by atoms with E-state index in [-0.39, 0.29) is 5.92 Å². The number of hydrogen-bond acceptors (Lipinski definition) is 1. The summed E-state index contributed by atoms with van der Waals surface area (Å²) in [5.74, 6) is 0.737. The molecule has 1 unspecified atom stereocenters. The number of para-hydroxylation sites is 1. The minimum absolute atomic E-state index is 0.197. The maximum absolute atomic E-state index is 6.28. The van der Waals surface area contributed by atoms with E-state index in [1.165, 1.54) is 33.2 Å². The SMILES string of the molecule is CC(C)c1ccc(C(CN)c2cn(Cc3ccccc3)c3ccccc23)cc1. The molecule has 1 atom stereocenters. The molecule has 0 aliphatic carbocycles. The number of benzene rings is 3. The van der Waals surface area contributed by atoms with Gasteiger partial charge >= 0.3 is 0 Å². The molecule has 0 saturated heterocycles. The zero-order chi connectivity index (χ0) is 19.5. The van der Waals surface area contributed by atoms with E-state index in [0.29, 0.717) is 12.5 Å². The standard InChI is InChI=1S/C26H28N2/c1-19(2)21-12-14-22(15-13-21)24(16-27)25-18-28(17-20-8-4-3-5-9-20)26-11-7-6-10-23(25)26/h3-15,18-19,24H,16-17,27H2,1-2H3. The van der Waals surface area contributed by atoms with Gasteiger partial charge in [0.15, 0.2) is 0 Å². The minimum Gasteiger partial charge on any atom is -0.343 e. The number of nitrogens with two attached hydrogens (primary N) is 1. The Hall–Kier alpha value is -2.84. The van der Waals surface area contributed by atoms with Gasteiger partial charge in [0.05, 0.1) is 0 Å². The lowest BCUT2D eigenvalue weighted by Gasteiger charge is -2.16. The first-order chi connectivity index (χ1) is 13.7. The summed E-state index contributed by atoms with van der Waals surface area (Å²) >= 11 is 0. The Morgan fingerprint density at radius 2 is 1.43 bits per heavy atom. The van der Waals surface area contributed by atoms with Gasteiger partial charge in [0, 0.05) is 36.1 Å². The Bertz CT molecular complexity index is 1040. The lowest BCUT2D eigenvalue weighted by Crippen LogP contribution is -2.13. The number of nitrogens with zero attached hydrogens (tertiary/aromatic N) is 1. The van der Waals surface area contributed by atoms with Crippen molar-refractivity contribution in [1.82, 2.24) is 4.57 Å². The molecule has 1 heterocycles. The van der Waals surface area contributed by atoms with Gasteiger partial charge in [-0.2, -0.15) is 0 Å². The zero-order valence-corrected chi connectivity index (χ0v) is 16.7. The van der Waals surface area contributed by atoms with E-state index in [4.69, 9.17) is 5.73 Å². The summed E-state index contributed by atoms with van der Waals surface area (Å²) in [7, 11) is 0. The Labute approximate surface area is 167 Å². The van der Waals surface area contributed by atoms with Crippen LogP contribution in [0.2, 0.25) is 0 Å². The molecule has 1 aromatic heterocycles. The van der Waals surface area contributed by atoms with Crippen molar-refractivity contribution in [3.8, 4) is 0 Å². The second-order valence-electron chi connectivity index (χ2n) is 7.82. The highest BCUT2D eigenvalue weighted by molar-refractivity contribution is 5.85. The van der Waals surface area contributed by atoms with E-state index in [0.717, 1.165) is 6.54 Å².